The number of anilines is 3. The number of benzene rings is 10. The first-order valence-electron chi connectivity index (χ1n) is 20.5. The van der Waals surface area contributed by atoms with Gasteiger partial charge in [-0.1, -0.05) is 188 Å². The minimum Gasteiger partial charge on any atom is -0.456 e. The van der Waals surface area contributed by atoms with Gasteiger partial charge in [0.1, 0.15) is 11.3 Å². The molecule has 0 bridgehead atoms. The summed E-state index contributed by atoms with van der Waals surface area (Å²) in [6.45, 7) is 0. The summed E-state index contributed by atoms with van der Waals surface area (Å²) < 4.78 is 6.33. The van der Waals surface area contributed by atoms with Gasteiger partial charge in [0.2, 0.25) is 0 Å². The van der Waals surface area contributed by atoms with E-state index in [1.54, 1.807) is 0 Å². The molecular weight excluding hydrogens is 727 g/mol. The highest BCUT2D eigenvalue weighted by Crippen LogP contribution is 2.41. The SMILES string of the molecule is c1ccc(-c2cc3ccccc3o2)c(-c2ccc(N(c3ccc(-c4ccc(-c5cccc6ccccc56)cc4)cc3)c3ccc(-c4cccc5ccccc45)cc3)cc2)c1. The second kappa shape index (κ2) is 15.1. The van der Waals surface area contributed by atoms with E-state index in [9.17, 15) is 0 Å². The maximum Gasteiger partial charge on any atom is 0.136 e. The first kappa shape index (κ1) is 35.2. The van der Waals surface area contributed by atoms with Crippen LogP contribution in [0.3, 0.4) is 0 Å². The Morgan fingerprint density at radius 3 is 1.17 bits per heavy atom. The van der Waals surface area contributed by atoms with Crippen molar-refractivity contribution in [3.63, 3.8) is 0 Å². The third kappa shape index (κ3) is 6.51. The summed E-state index contributed by atoms with van der Waals surface area (Å²) in [6, 6.07) is 84.8. The lowest BCUT2D eigenvalue weighted by Crippen LogP contribution is -2.09. The molecule has 2 nitrogen and oxygen atoms in total. The highest BCUT2D eigenvalue weighted by Gasteiger charge is 2.17. The average molecular weight is 766 g/mol. The Hall–Kier alpha value is -7.94. The number of para-hydroxylation sites is 1. The molecule has 0 atom stereocenters. The zero-order valence-corrected chi connectivity index (χ0v) is 32.9. The molecule has 0 fully saturated rings. The van der Waals surface area contributed by atoms with Crippen molar-refractivity contribution in [1.82, 2.24) is 0 Å². The van der Waals surface area contributed by atoms with Crippen LogP contribution in [0.2, 0.25) is 0 Å². The summed E-state index contributed by atoms with van der Waals surface area (Å²) in [7, 11) is 0. The van der Waals surface area contributed by atoms with Crippen LogP contribution in [0.25, 0.3) is 88.3 Å². The van der Waals surface area contributed by atoms with Gasteiger partial charge >= 0.3 is 0 Å². The lowest BCUT2D eigenvalue weighted by atomic mass is 9.96. The normalized spacial score (nSPS) is 11.3. The van der Waals surface area contributed by atoms with Gasteiger partial charge in [0.15, 0.2) is 0 Å². The summed E-state index contributed by atoms with van der Waals surface area (Å²) in [4.78, 5) is 2.34. The van der Waals surface area contributed by atoms with Crippen molar-refractivity contribution in [2.24, 2.45) is 0 Å². The summed E-state index contributed by atoms with van der Waals surface area (Å²) in [6.07, 6.45) is 0. The molecule has 0 N–H and O–H groups in total. The Morgan fingerprint density at radius 2 is 0.633 bits per heavy atom. The molecule has 0 unspecified atom stereocenters. The van der Waals surface area contributed by atoms with Crippen molar-refractivity contribution in [3.8, 4) is 55.8 Å². The molecular formula is C58H39NO. The quantitative estimate of drug-likeness (QED) is 0.153. The Balaban J connectivity index is 0.948. The molecule has 0 aliphatic carbocycles. The third-order valence-corrected chi connectivity index (χ3v) is 11.7. The maximum atomic E-state index is 6.33. The zero-order chi connectivity index (χ0) is 39.8. The molecule has 2 heteroatoms. The molecule has 11 aromatic rings. The predicted molar refractivity (Wildman–Crippen MR) is 253 cm³/mol. The van der Waals surface area contributed by atoms with Gasteiger partial charge < -0.3 is 9.32 Å². The fraction of sp³-hybridized carbons (Fsp3) is 0. The maximum absolute atomic E-state index is 6.33. The van der Waals surface area contributed by atoms with Gasteiger partial charge in [-0.3, -0.25) is 0 Å². The van der Waals surface area contributed by atoms with Crippen LogP contribution in [0.5, 0.6) is 0 Å². The highest BCUT2D eigenvalue weighted by atomic mass is 16.3. The van der Waals surface area contributed by atoms with Crippen LogP contribution in [-0.2, 0) is 0 Å². The van der Waals surface area contributed by atoms with E-state index in [1.807, 2.05) is 18.2 Å². The van der Waals surface area contributed by atoms with E-state index in [0.717, 1.165) is 50.5 Å². The summed E-state index contributed by atoms with van der Waals surface area (Å²) in [5, 5.41) is 6.12. The topological polar surface area (TPSA) is 16.4 Å². The van der Waals surface area contributed by atoms with Gasteiger partial charge in [-0.2, -0.15) is 0 Å². The molecule has 282 valence electrons. The number of nitrogens with zero attached hydrogens (tertiary/aromatic N) is 1. The van der Waals surface area contributed by atoms with Crippen LogP contribution in [-0.4, -0.2) is 0 Å². The third-order valence-electron chi connectivity index (χ3n) is 11.7. The lowest BCUT2D eigenvalue weighted by molar-refractivity contribution is 0.632. The predicted octanol–water partition coefficient (Wildman–Crippen LogP) is 16.5. The minimum atomic E-state index is 0.868. The van der Waals surface area contributed by atoms with E-state index in [0.29, 0.717) is 0 Å². The van der Waals surface area contributed by atoms with Crippen LogP contribution in [0, 0.1) is 0 Å². The van der Waals surface area contributed by atoms with Gasteiger partial charge in [-0.05, 0) is 115 Å². The van der Waals surface area contributed by atoms with Gasteiger partial charge in [-0.15, -0.1) is 0 Å². The lowest BCUT2D eigenvalue weighted by Gasteiger charge is -2.26. The zero-order valence-electron chi connectivity index (χ0n) is 32.9. The van der Waals surface area contributed by atoms with Gasteiger partial charge in [-0.25, -0.2) is 0 Å². The molecule has 0 saturated carbocycles. The van der Waals surface area contributed by atoms with Crippen molar-refractivity contribution >= 4 is 49.6 Å². The van der Waals surface area contributed by atoms with E-state index in [4.69, 9.17) is 4.42 Å². The molecule has 0 amide bonds. The molecule has 0 aliphatic heterocycles. The number of hydrogen-bond acceptors (Lipinski definition) is 2. The van der Waals surface area contributed by atoms with Crippen molar-refractivity contribution in [3.05, 3.63) is 237 Å². The monoisotopic (exact) mass is 765 g/mol. The van der Waals surface area contributed by atoms with Crippen LogP contribution in [0.4, 0.5) is 17.1 Å². The number of fused-ring (bicyclic) bond motifs is 3. The van der Waals surface area contributed by atoms with Crippen LogP contribution >= 0.6 is 0 Å². The summed E-state index contributed by atoms with van der Waals surface area (Å²) in [5.41, 5.74) is 14.7. The largest absolute Gasteiger partial charge is 0.456 e. The van der Waals surface area contributed by atoms with E-state index < -0.39 is 0 Å². The van der Waals surface area contributed by atoms with Gasteiger partial charge in [0, 0.05) is 28.0 Å². The number of furan rings is 1. The van der Waals surface area contributed by atoms with Crippen molar-refractivity contribution < 1.29 is 4.42 Å². The van der Waals surface area contributed by atoms with Crippen molar-refractivity contribution in [2.45, 2.75) is 0 Å². The molecule has 11 rings (SSSR count). The molecule has 0 aliphatic rings. The molecule has 0 spiro atoms. The first-order chi connectivity index (χ1) is 29.7. The molecule has 60 heavy (non-hydrogen) atoms. The fourth-order valence-electron chi connectivity index (χ4n) is 8.69. The second-order valence-electron chi connectivity index (χ2n) is 15.3. The highest BCUT2D eigenvalue weighted by molar-refractivity contribution is 5.98. The van der Waals surface area contributed by atoms with E-state index >= 15 is 0 Å². The molecule has 0 radical (unpaired) electrons. The minimum absolute atomic E-state index is 0.868. The fourth-order valence-corrected chi connectivity index (χ4v) is 8.69. The molecule has 1 aromatic heterocycles. The van der Waals surface area contributed by atoms with Gasteiger partial charge in [0.25, 0.3) is 0 Å². The standard InChI is InChI=1S/C58H39NO/c1-4-16-51-42(11-1)14-9-20-53(51)44-25-23-40(24-26-44)41-27-33-48(34-28-41)59(49-35-29-45(30-36-49)54-21-10-15-43-12-2-5-17-52(43)54)50-37-31-46(32-38-50)55-18-6-7-19-56(55)58-39-47-13-3-8-22-57(47)60-58/h1-39H. The van der Waals surface area contributed by atoms with Crippen LogP contribution < -0.4 is 4.90 Å². The van der Waals surface area contributed by atoms with Crippen molar-refractivity contribution in [2.75, 3.05) is 4.90 Å². The first-order valence-corrected chi connectivity index (χ1v) is 20.5. The number of rotatable bonds is 8. The van der Waals surface area contributed by atoms with Gasteiger partial charge in [0.05, 0.1) is 0 Å². The number of hydrogen-bond donors (Lipinski definition) is 0. The summed E-state index contributed by atoms with van der Waals surface area (Å²) >= 11 is 0. The second-order valence-corrected chi connectivity index (χ2v) is 15.3. The van der Waals surface area contributed by atoms with E-state index in [-0.39, 0.29) is 0 Å². The molecule has 1 heterocycles. The molecule has 10 aromatic carbocycles. The van der Waals surface area contributed by atoms with Crippen molar-refractivity contribution in [1.29, 1.82) is 0 Å². The van der Waals surface area contributed by atoms with E-state index in [2.05, 4.69) is 223 Å². The average Bonchev–Trinajstić information content (AvgIpc) is 3.77. The Bertz CT molecular complexity index is 3240. The Labute approximate surface area is 349 Å². The van der Waals surface area contributed by atoms with Crippen LogP contribution in [0.1, 0.15) is 0 Å². The Morgan fingerprint density at radius 1 is 0.267 bits per heavy atom. The summed E-state index contributed by atoms with van der Waals surface area (Å²) in [5.74, 6) is 0.868. The molecule has 0 saturated heterocycles. The Kier molecular flexibility index (Phi) is 8.87. The van der Waals surface area contributed by atoms with E-state index in [1.165, 1.54) is 54.9 Å². The smallest absolute Gasteiger partial charge is 0.136 e. The van der Waals surface area contributed by atoms with Crippen LogP contribution in [0.15, 0.2) is 241 Å².